The van der Waals surface area contributed by atoms with Crippen LogP contribution in [0.3, 0.4) is 0 Å². The molecule has 0 aliphatic carbocycles. The molecule has 8 nitrogen and oxygen atoms in total. The third-order valence-corrected chi connectivity index (χ3v) is 4.17. The molecule has 160 valence electrons. The van der Waals surface area contributed by atoms with E-state index in [-0.39, 0.29) is 17.1 Å². The normalized spacial score (nSPS) is 10.2. The van der Waals surface area contributed by atoms with Gasteiger partial charge in [0.2, 0.25) is 0 Å². The van der Waals surface area contributed by atoms with E-state index in [4.69, 9.17) is 14.2 Å². The van der Waals surface area contributed by atoms with E-state index in [1.165, 1.54) is 44.7 Å². The second kappa shape index (κ2) is 10.1. The first-order valence-corrected chi connectivity index (χ1v) is 9.17. The lowest BCUT2D eigenvalue weighted by Gasteiger charge is -2.13. The molecule has 3 aromatic rings. The van der Waals surface area contributed by atoms with Crippen molar-refractivity contribution < 1.29 is 28.2 Å². The third-order valence-electron chi connectivity index (χ3n) is 4.17. The zero-order valence-corrected chi connectivity index (χ0v) is 16.8. The smallest absolute Gasteiger partial charge is 0.342 e. The van der Waals surface area contributed by atoms with Crippen LogP contribution < -0.4 is 20.1 Å². The molecule has 0 saturated heterocycles. The number of carbonyl (C=O) groups is 2. The van der Waals surface area contributed by atoms with Gasteiger partial charge in [-0.05, 0) is 36.4 Å². The molecule has 0 fully saturated rings. The van der Waals surface area contributed by atoms with Crippen LogP contribution in [0.1, 0.15) is 10.4 Å². The van der Waals surface area contributed by atoms with Gasteiger partial charge in [0.05, 0.1) is 25.6 Å². The van der Waals surface area contributed by atoms with Gasteiger partial charge < -0.3 is 24.8 Å². The lowest BCUT2D eigenvalue weighted by molar-refractivity contribution is -0.119. The van der Waals surface area contributed by atoms with E-state index >= 15 is 0 Å². The van der Waals surface area contributed by atoms with Crippen molar-refractivity contribution in [3.63, 3.8) is 0 Å². The van der Waals surface area contributed by atoms with Crippen LogP contribution in [0, 0.1) is 5.82 Å². The molecule has 1 aromatic heterocycles. The van der Waals surface area contributed by atoms with Gasteiger partial charge in [0.15, 0.2) is 6.61 Å². The third kappa shape index (κ3) is 5.47. The summed E-state index contributed by atoms with van der Waals surface area (Å²) in [5.74, 6) is -0.824. The van der Waals surface area contributed by atoms with Gasteiger partial charge in [-0.25, -0.2) is 14.2 Å². The average molecular weight is 425 g/mol. The van der Waals surface area contributed by atoms with Crippen LogP contribution >= 0.6 is 0 Å². The number of halogens is 1. The highest BCUT2D eigenvalue weighted by Crippen LogP contribution is 2.29. The van der Waals surface area contributed by atoms with Crippen molar-refractivity contribution in [2.45, 2.75) is 0 Å². The fourth-order valence-electron chi connectivity index (χ4n) is 2.67. The molecule has 0 radical (unpaired) electrons. The van der Waals surface area contributed by atoms with E-state index in [0.717, 1.165) is 0 Å². The Hall–Kier alpha value is -4.14. The molecular weight excluding hydrogens is 405 g/mol. The maximum Gasteiger partial charge on any atom is 0.342 e. The molecule has 2 aromatic carbocycles. The number of amides is 1. The van der Waals surface area contributed by atoms with Crippen molar-refractivity contribution in [3.8, 4) is 11.5 Å². The summed E-state index contributed by atoms with van der Waals surface area (Å²) in [5.41, 5.74) is 0.571. The predicted octanol–water partition coefficient (Wildman–Crippen LogP) is 3.78. The van der Waals surface area contributed by atoms with Crippen LogP contribution in [0.15, 0.2) is 60.8 Å². The fraction of sp³-hybridized carbons (Fsp3) is 0.136. The molecule has 3 rings (SSSR count). The van der Waals surface area contributed by atoms with Crippen molar-refractivity contribution in [2.75, 3.05) is 31.5 Å². The van der Waals surface area contributed by atoms with Gasteiger partial charge in [0.1, 0.15) is 28.7 Å². The molecule has 0 spiro atoms. The molecule has 1 amide bonds. The Morgan fingerprint density at radius 3 is 2.55 bits per heavy atom. The minimum absolute atomic E-state index is 0.0533. The molecule has 0 aliphatic rings. The van der Waals surface area contributed by atoms with Gasteiger partial charge >= 0.3 is 5.97 Å². The molecule has 9 heteroatoms. The van der Waals surface area contributed by atoms with Crippen molar-refractivity contribution in [1.29, 1.82) is 0 Å². The number of nitrogens with one attached hydrogen (secondary N) is 2. The molecule has 0 atom stereocenters. The standard InChI is InChI=1S/C22H20FN3O5/c1-29-14-9-10-19(30-2)18(12-14)25-20(27)13-31-22(28)15-6-5-11-24-21(15)26-17-8-4-3-7-16(17)23/h3-12H,13H2,1-2H3,(H,24,26)(H,25,27). The predicted molar refractivity (Wildman–Crippen MR) is 112 cm³/mol. The molecular formula is C22H20FN3O5. The van der Waals surface area contributed by atoms with E-state index in [2.05, 4.69) is 15.6 Å². The van der Waals surface area contributed by atoms with Crippen molar-refractivity contribution in [2.24, 2.45) is 0 Å². The van der Waals surface area contributed by atoms with Crippen LogP contribution in [0.4, 0.5) is 21.6 Å². The van der Waals surface area contributed by atoms with Crippen LogP contribution in [0.25, 0.3) is 0 Å². The zero-order chi connectivity index (χ0) is 22.2. The number of pyridine rings is 1. The van der Waals surface area contributed by atoms with Crippen molar-refractivity contribution >= 4 is 29.1 Å². The largest absolute Gasteiger partial charge is 0.497 e. The van der Waals surface area contributed by atoms with Crippen LogP contribution in [0.5, 0.6) is 11.5 Å². The maximum absolute atomic E-state index is 13.9. The van der Waals surface area contributed by atoms with E-state index in [1.54, 1.807) is 30.3 Å². The second-order valence-corrected chi connectivity index (χ2v) is 6.19. The molecule has 0 saturated carbocycles. The van der Waals surface area contributed by atoms with Crippen molar-refractivity contribution in [3.05, 3.63) is 72.2 Å². The lowest BCUT2D eigenvalue weighted by atomic mass is 10.2. The minimum Gasteiger partial charge on any atom is -0.497 e. The number of para-hydroxylation sites is 1. The summed E-state index contributed by atoms with van der Waals surface area (Å²) in [6.07, 6.45) is 1.45. The maximum atomic E-state index is 13.9. The Labute approximate surface area is 178 Å². The number of hydrogen-bond acceptors (Lipinski definition) is 7. The minimum atomic E-state index is -0.792. The zero-order valence-electron chi connectivity index (χ0n) is 16.8. The summed E-state index contributed by atoms with van der Waals surface area (Å²) in [5, 5.41) is 5.36. The number of anilines is 3. The number of carbonyl (C=O) groups excluding carboxylic acids is 2. The number of rotatable bonds is 8. The molecule has 1 heterocycles. The summed E-state index contributed by atoms with van der Waals surface area (Å²) >= 11 is 0. The summed E-state index contributed by atoms with van der Waals surface area (Å²) in [7, 11) is 2.96. The number of hydrogen-bond donors (Lipinski definition) is 2. The SMILES string of the molecule is COc1ccc(OC)c(NC(=O)COC(=O)c2cccnc2Nc2ccccc2F)c1. The number of methoxy groups -OCH3 is 2. The highest BCUT2D eigenvalue weighted by atomic mass is 19.1. The first kappa shape index (κ1) is 21.6. The van der Waals surface area contributed by atoms with Gasteiger partial charge in [-0.1, -0.05) is 12.1 Å². The van der Waals surface area contributed by atoms with Gasteiger partial charge in [0.25, 0.3) is 5.91 Å². The van der Waals surface area contributed by atoms with Gasteiger partial charge in [-0.15, -0.1) is 0 Å². The van der Waals surface area contributed by atoms with Crippen LogP contribution in [0.2, 0.25) is 0 Å². The molecule has 0 aliphatic heterocycles. The van der Waals surface area contributed by atoms with Gasteiger partial charge in [-0.2, -0.15) is 0 Å². The van der Waals surface area contributed by atoms with E-state index in [1.807, 2.05) is 0 Å². The second-order valence-electron chi connectivity index (χ2n) is 6.19. The monoisotopic (exact) mass is 425 g/mol. The summed E-state index contributed by atoms with van der Waals surface area (Å²) in [4.78, 5) is 28.8. The summed E-state index contributed by atoms with van der Waals surface area (Å²) in [6.45, 7) is -0.548. The Kier molecular flexibility index (Phi) is 7.00. The van der Waals surface area contributed by atoms with E-state index < -0.39 is 24.3 Å². The van der Waals surface area contributed by atoms with E-state index in [0.29, 0.717) is 17.2 Å². The Bertz CT molecular complexity index is 1090. The Morgan fingerprint density at radius 1 is 1.00 bits per heavy atom. The quantitative estimate of drug-likeness (QED) is 0.530. The first-order chi connectivity index (χ1) is 15.0. The average Bonchev–Trinajstić information content (AvgIpc) is 2.79. The number of benzene rings is 2. The highest BCUT2D eigenvalue weighted by Gasteiger charge is 2.17. The van der Waals surface area contributed by atoms with Crippen molar-refractivity contribution in [1.82, 2.24) is 4.98 Å². The number of esters is 1. The lowest BCUT2D eigenvalue weighted by Crippen LogP contribution is -2.21. The van der Waals surface area contributed by atoms with Crippen LogP contribution in [-0.4, -0.2) is 37.7 Å². The first-order valence-electron chi connectivity index (χ1n) is 9.17. The van der Waals surface area contributed by atoms with E-state index in [9.17, 15) is 14.0 Å². The Morgan fingerprint density at radius 2 is 1.81 bits per heavy atom. The summed E-state index contributed by atoms with van der Waals surface area (Å²) < 4.78 is 29.3. The summed E-state index contributed by atoms with van der Waals surface area (Å²) in [6, 6.07) is 13.9. The molecule has 31 heavy (non-hydrogen) atoms. The van der Waals surface area contributed by atoms with Gasteiger partial charge in [-0.3, -0.25) is 4.79 Å². The van der Waals surface area contributed by atoms with Crippen LogP contribution in [-0.2, 0) is 9.53 Å². The number of aromatic nitrogens is 1. The Balaban J connectivity index is 1.66. The van der Waals surface area contributed by atoms with Gasteiger partial charge in [0, 0.05) is 12.3 Å². The number of ether oxygens (including phenoxy) is 3. The topological polar surface area (TPSA) is 98.8 Å². The number of nitrogens with zero attached hydrogens (tertiary/aromatic N) is 1. The highest BCUT2D eigenvalue weighted by molar-refractivity contribution is 5.98. The molecule has 0 unspecified atom stereocenters. The molecule has 2 N–H and O–H groups in total. The fourth-order valence-corrected chi connectivity index (χ4v) is 2.67. The molecule has 0 bridgehead atoms.